The molecule has 0 aromatic rings. The van der Waals surface area contributed by atoms with Gasteiger partial charge >= 0.3 is 5.97 Å². The van der Waals surface area contributed by atoms with E-state index in [-0.39, 0.29) is 11.3 Å². The van der Waals surface area contributed by atoms with E-state index in [0.717, 1.165) is 12.0 Å². The molecule has 0 unspecified atom stereocenters. The first kappa shape index (κ1) is 10.3. The molecule has 0 saturated heterocycles. The zero-order valence-electron chi connectivity index (χ0n) is 8.79. The van der Waals surface area contributed by atoms with Gasteiger partial charge in [-0.15, -0.1) is 0 Å². The molecule has 0 fully saturated rings. The second kappa shape index (κ2) is 3.17. The van der Waals surface area contributed by atoms with Crippen LogP contribution in [0.15, 0.2) is 11.6 Å². The summed E-state index contributed by atoms with van der Waals surface area (Å²) in [5.74, 6) is -0.557. The highest BCUT2D eigenvalue weighted by molar-refractivity contribution is 5.74. The average Bonchev–Trinajstić information content (AvgIpc) is 1.96. The predicted molar refractivity (Wildman–Crippen MR) is 52.4 cm³/mol. The van der Waals surface area contributed by atoms with Crippen LogP contribution in [0.4, 0.5) is 0 Å². The maximum atomic E-state index is 11.1. The molecule has 2 nitrogen and oxygen atoms in total. The summed E-state index contributed by atoms with van der Waals surface area (Å²) >= 11 is 0. The van der Waals surface area contributed by atoms with Crippen molar-refractivity contribution in [2.24, 2.45) is 17.3 Å². The van der Waals surface area contributed by atoms with Crippen LogP contribution < -0.4 is 0 Å². The Kier molecular flexibility index (Phi) is 2.51. The molecule has 0 aromatic heterocycles. The van der Waals surface area contributed by atoms with Crippen molar-refractivity contribution in [3.63, 3.8) is 0 Å². The number of hydrogen-bond donors (Lipinski definition) is 1. The zero-order valence-corrected chi connectivity index (χ0v) is 8.79. The molecule has 1 aliphatic carbocycles. The summed E-state index contributed by atoms with van der Waals surface area (Å²) in [5, 5.41) is 9.12. The second-order valence-corrected chi connectivity index (χ2v) is 4.68. The van der Waals surface area contributed by atoms with E-state index in [4.69, 9.17) is 5.11 Å². The van der Waals surface area contributed by atoms with Crippen LogP contribution >= 0.6 is 0 Å². The van der Waals surface area contributed by atoms with E-state index in [1.807, 2.05) is 20.8 Å². The van der Waals surface area contributed by atoms with Crippen molar-refractivity contribution in [1.82, 2.24) is 0 Å². The zero-order chi connectivity index (χ0) is 10.2. The lowest BCUT2D eigenvalue weighted by Crippen LogP contribution is -2.39. The summed E-state index contributed by atoms with van der Waals surface area (Å²) in [5.41, 5.74) is 0.889. The Hall–Kier alpha value is -0.790. The third kappa shape index (κ3) is 1.62. The normalized spacial score (nSPS) is 32.5. The summed E-state index contributed by atoms with van der Waals surface area (Å²) in [6.45, 7) is 8.14. The third-order valence-corrected chi connectivity index (χ3v) is 3.51. The van der Waals surface area contributed by atoms with Gasteiger partial charge in [0.15, 0.2) is 0 Å². The van der Waals surface area contributed by atoms with Crippen LogP contribution in [0.25, 0.3) is 0 Å². The van der Waals surface area contributed by atoms with Crippen LogP contribution in [0.3, 0.4) is 0 Å². The van der Waals surface area contributed by atoms with Gasteiger partial charge in [-0.2, -0.15) is 0 Å². The molecule has 0 aliphatic heterocycles. The number of carboxylic acid groups (broad SMARTS) is 1. The van der Waals surface area contributed by atoms with E-state index in [0.29, 0.717) is 5.92 Å². The van der Waals surface area contributed by atoms with Gasteiger partial charge in [0, 0.05) is 0 Å². The van der Waals surface area contributed by atoms with Crippen molar-refractivity contribution in [2.45, 2.75) is 34.1 Å². The lowest BCUT2D eigenvalue weighted by atomic mass is 9.63. The molecule has 0 amide bonds. The van der Waals surface area contributed by atoms with Gasteiger partial charge in [0.25, 0.3) is 0 Å². The van der Waals surface area contributed by atoms with Gasteiger partial charge in [-0.05, 0) is 24.7 Å². The van der Waals surface area contributed by atoms with Crippen molar-refractivity contribution < 1.29 is 9.90 Å². The Labute approximate surface area is 79.6 Å². The van der Waals surface area contributed by atoms with Gasteiger partial charge in [0.2, 0.25) is 0 Å². The molecule has 1 rings (SSSR count). The van der Waals surface area contributed by atoms with E-state index in [9.17, 15) is 4.79 Å². The minimum Gasteiger partial charge on any atom is -0.481 e. The van der Waals surface area contributed by atoms with Gasteiger partial charge in [-0.3, -0.25) is 4.79 Å². The molecule has 0 heterocycles. The maximum Gasteiger partial charge on any atom is 0.311 e. The third-order valence-electron chi connectivity index (χ3n) is 3.51. The molecule has 0 bridgehead atoms. The van der Waals surface area contributed by atoms with E-state index in [1.165, 1.54) is 0 Å². The van der Waals surface area contributed by atoms with Gasteiger partial charge < -0.3 is 5.11 Å². The summed E-state index contributed by atoms with van der Waals surface area (Å²) in [7, 11) is 0. The predicted octanol–water partition coefficient (Wildman–Crippen LogP) is 2.70. The summed E-state index contributed by atoms with van der Waals surface area (Å²) in [6, 6.07) is 0. The van der Waals surface area contributed by atoms with Crippen LogP contribution in [0.5, 0.6) is 0 Å². The van der Waals surface area contributed by atoms with Crippen LogP contribution in [0, 0.1) is 17.3 Å². The average molecular weight is 182 g/mol. The largest absolute Gasteiger partial charge is 0.481 e. The highest BCUT2D eigenvalue weighted by atomic mass is 16.4. The monoisotopic (exact) mass is 182 g/mol. The van der Waals surface area contributed by atoms with Crippen LogP contribution in [-0.2, 0) is 4.79 Å². The molecule has 13 heavy (non-hydrogen) atoms. The van der Waals surface area contributed by atoms with Gasteiger partial charge in [0.1, 0.15) is 0 Å². The molecule has 2 atom stereocenters. The number of rotatable bonds is 1. The van der Waals surface area contributed by atoms with Gasteiger partial charge in [-0.25, -0.2) is 0 Å². The quantitative estimate of drug-likeness (QED) is 0.633. The van der Waals surface area contributed by atoms with Gasteiger partial charge in [0.05, 0.1) is 5.92 Å². The molecule has 0 aromatic carbocycles. The smallest absolute Gasteiger partial charge is 0.311 e. The minimum atomic E-state index is -0.690. The Bertz CT molecular complexity index is 251. The minimum absolute atomic E-state index is 0.120. The number of carbonyl (C=O) groups is 1. The van der Waals surface area contributed by atoms with E-state index in [2.05, 4.69) is 13.0 Å². The first-order valence-electron chi connectivity index (χ1n) is 4.76. The fraction of sp³-hybridized carbons (Fsp3) is 0.727. The first-order valence-corrected chi connectivity index (χ1v) is 4.76. The van der Waals surface area contributed by atoms with Crippen LogP contribution in [-0.4, -0.2) is 11.1 Å². The molecule has 0 spiro atoms. The number of aliphatic carboxylic acids is 1. The lowest BCUT2D eigenvalue weighted by Gasteiger charge is -2.40. The topological polar surface area (TPSA) is 37.3 Å². The van der Waals surface area contributed by atoms with Crippen LogP contribution in [0.2, 0.25) is 0 Å². The second-order valence-electron chi connectivity index (χ2n) is 4.68. The van der Waals surface area contributed by atoms with Crippen molar-refractivity contribution in [2.75, 3.05) is 0 Å². The van der Waals surface area contributed by atoms with Crippen molar-refractivity contribution >= 4 is 5.97 Å². The molecule has 74 valence electrons. The molecule has 2 heteroatoms. The van der Waals surface area contributed by atoms with E-state index in [1.54, 1.807) is 0 Å². The SMILES string of the molecule is CC1=CC[C@@H](C)C(C)(C)[C@@H]1C(=O)O. The molecule has 0 saturated carbocycles. The van der Waals surface area contributed by atoms with E-state index < -0.39 is 5.97 Å². The molecule has 0 radical (unpaired) electrons. The maximum absolute atomic E-state index is 11.1. The fourth-order valence-electron chi connectivity index (χ4n) is 2.17. The first-order chi connectivity index (χ1) is 5.87. The van der Waals surface area contributed by atoms with Crippen LogP contribution in [0.1, 0.15) is 34.1 Å². The number of carboxylic acids is 1. The standard InChI is InChI=1S/C11H18O2/c1-7-5-6-8(2)11(3,4)9(7)10(12)13/h5,8-9H,6H2,1-4H3,(H,12,13)/t8-,9+/m1/s1. The van der Waals surface area contributed by atoms with Crippen molar-refractivity contribution in [1.29, 1.82) is 0 Å². The Morgan fingerprint density at radius 3 is 2.54 bits per heavy atom. The fourth-order valence-corrected chi connectivity index (χ4v) is 2.17. The van der Waals surface area contributed by atoms with Crippen molar-refractivity contribution in [3.8, 4) is 0 Å². The number of allylic oxidation sites excluding steroid dienone is 1. The summed E-state index contributed by atoms with van der Waals surface area (Å²) in [4.78, 5) is 11.1. The highest BCUT2D eigenvalue weighted by Crippen LogP contribution is 2.44. The molecular weight excluding hydrogens is 164 g/mol. The highest BCUT2D eigenvalue weighted by Gasteiger charge is 2.42. The summed E-state index contributed by atoms with van der Waals surface area (Å²) in [6.07, 6.45) is 3.07. The molecule has 1 N–H and O–H groups in total. The molecular formula is C11H18O2. The van der Waals surface area contributed by atoms with Crippen molar-refractivity contribution in [3.05, 3.63) is 11.6 Å². The Morgan fingerprint density at radius 1 is 1.62 bits per heavy atom. The Balaban J connectivity index is 3.06. The summed E-state index contributed by atoms with van der Waals surface area (Å²) < 4.78 is 0. The molecule has 1 aliphatic rings. The number of hydrogen-bond acceptors (Lipinski definition) is 1. The van der Waals surface area contributed by atoms with Gasteiger partial charge in [-0.1, -0.05) is 32.4 Å². The lowest BCUT2D eigenvalue weighted by molar-refractivity contribution is -0.145. The van der Waals surface area contributed by atoms with E-state index >= 15 is 0 Å². The Morgan fingerprint density at radius 2 is 2.15 bits per heavy atom.